The van der Waals surface area contributed by atoms with Crippen LogP contribution in [0.25, 0.3) is 0 Å². The number of aryl methyl sites for hydroxylation is 1. The average Bonchev–Trinajstić information content (AvgIpc) is 2.68. The fourth-order valence-electron chi connectivity index (χ4n) is 2.01. The van der Waals surface area contributed by atoms with Crippen LogP contribution in [0, 0.1) is 6.92 Å². The smallest absolute Gasteiger partial charge is 0.180 e. The van der Waals surface area contributed by atoms with Gasteiger partial charge in [-0.05, 0) is 24.6 Å². The maximum atomic E-state index is 5.71. The highest BCUT2D eigenvalue weighted by atomic mass is 32.1. The fraction of sp³-hybridized carbons (Fsp3) is 0.308. The molecule has 0 spiro atoms. The number of hydrogen-bond donors (Lipinski definition) is 1. The van der Waals surface area contributed by atoms with Crippen LogP contribution in [0.15, 0.2) is 18.2 Å². The molecule has 5 heteroatoms. The molecule has 0 radical (unpaired) electrons. The first-order valence-corrected chi connectivity index (χ1v) is 6.64. The van der Waals surface area contributed by atoms with Gasteiger partial charge in [0, 0.05) is 11.3 Å². The van der Waals surface area contributed by atoms with Crippen molar-refractivity contribution in [3.8, 4) is 11.5 Å². The van der Waals surface area contributed by atoms with Gasteiger partial charge in [-0.15, -0.1) is 11.3 Å². The SMILES string of the molecule is Cc1sc(N)nc1Cc1ccc2c(c1)OCCO2. The maximum Gasteiger partial charge on any atom is 0.180 e. The quantitative estimate of drug-likeness (QED) is 0.903. The minimum Gasteiger partial charge on any atom is -0.486 e. The normalized spacial score (nSPS) is 13.6. The van der Waals surface area contributed by atoms with Crippen molar-refractivity contribution in [3.05, 3.63) is 34.3 Å². The molecule has 1 aliphatic heterocycles. The highest BCUT2D eigenvalue weighted by molar-refractivity contribution is 7.15. The lowest BCUT2D eigenvalue weighted by Crippen LogP contribution is -2.15. The number of rotatable bonds is 2. The number of hydrogen-bond acceptors (Lipinski definition) is 5. The highest BCUT2D eigenvalue weighted by Crippen LogP contribution is 2.32. The summed E-state index contributed by atoms with van der Waals surface area (Å²) in [4.78, 5) is 5.51. The summed E-state index contributed by atoms with van der Waals surface area (Å²) in [5.41, 5.74) is 7.90. The summed E-state index contributed by atoms with van der Waals surface area (Å²) in [6.07, 6.45) is 0.774. The molecule has 0 unspecified atom stereocenters. The first-order chi connectivity index (χ1) is 8.72. The van der Waals surface area contributed by atoms with E-state index in [9.17, 15) is 0 Å². The monoisotopic (exact) mass is 262 g/mol. The molecule has 1 aromatic heterocycles. The molecule has 2 aromatic rings. The van der Waals surface area contributed by atoms with E-state index in [0.717, 1.165) is 29.2 Å². The molecule has 4 nitrogen and oxygen atoms in total. The lowest BCUT2D eigenvalue weighted by Gasteiger charge is -2.18. The summed E-state index contributed by atoms with van der Waals surface area (Å²) in [7, 11) is 0. The van der Waals surface area contributed by atoms with Gasteiger partial charge in [0.2, 0.25) is 0 Å². The maximum absolute atomic E-state index is 5.71. The van der Waals surface area contributed by atoms with E-state index in [4.69, 9.17) is 15.2 Å². The molecule has 1 aromatic carbocycles. The number of thiazole rings is 1. The number of ether oxygens (including phenoxy) is 2. The molecule has 2 heterocycles. The third kappa shape index (κ3) is 2.13. The van der Waals surface area contributed by atoms with Gasteiger partial charge in [-0.1, -0.05) is 6.07 Å². The minimum atomic E-state index is 0.610. The molecule has 0 amide bonds. The largest absolute Gasteiger partial charge is 0.486 e. The standard InChI is InChI=1S/C13H14N2O2S/c1-8-10(15-13(14)18-8)6-9-2-3-11-12(7-9)17-5-4-16-11/h2-3,7H,4-6H2,1H3,(H2,14,15). The van der Waals surface area contributed by atoms with Crippen LogP contribution in [0.4, 0.5) is 5.13 Å². The summed E-state index contributed by atoms with van der Waals surface area (Å²) in [6.45, 7) is 3.27. The Kier molecular flexibility index (Phi) is 2.83. The number of nitrogens with zero attached hydrogens (tertiary/aromatic N) is 1. The van der Waals surface area contributed by atoms with E-state index in [2.05, 4.69) is 4.98 Å². The number of nitrogen functional groups attached to an aromatic ring is 1. The van der Waals surface area contributed by atoms with Gasteiger partial charge in [0.15, 0.2) is 16.6 Å². The number of benzene rings is 1. The Morgan fingerprint density at radius 1 is 1.28 bits per heavy atom. The third-order valence-corrected chi connectivity index (χ3v) is 3.73. The number of aromatic nitrogens is 1. The first-order valence-electron chi connectivity index (χ1n) is 5.82. The molecule has 1 aliphatic rings. The molecule has 2 N–H and O–H groups in total. The van der Waals surface area contributed by atoms with Crippen molar-refractivity contribution in [1.82, 2.24) is 4.98 Å². The van der Waals surface area contributed by atoms with E-state index in [1.807, 2.05) is 25.1 Å². The van der Waals surface area contributed by atoms with Gasteiger partial charge in [0.25, 0.3) is 0 Å². The van der Waals surface area contributed by atoms with Gasteiger partial charge in [0.05, 0.1) is 5.69 Å². The van der Waals surface area contributed by atoms with Crippen molar-refractivity contribution in [3.63, 3.8) is 0 Å². The minimum absolute atomic E-state index is 0.610. The Bertz CT molecular complexity index is 580. The predicted molar refractivity (Wildman–Crippen MR) is 71.5 cm³/mol. The van der Waals surface area contributed by atoms with Gasteiger partial charge in [-0.3, -0.25) is 0 Å². The zero-order valence-corrected chi connectivity index (χ0v) is 10.9. The molecule has 0 saturated carbocycles. The predicted octanol–water partition coefficient (Wildman–Crippen LogP) is 2.40. The van der Waals surface area contributed by atoms with Crippen LogP contribution in [-0.2, 0) is 6.42 Å². The number of anilines is 1. The number of nitrogens with two attached hydrogens (primary N) is 1. The van der Waals surface area contributed by atoms with Crippen LogP contribution in [-0.4, -0.2) is 18.2 Å². The van der Waals surface area contributed by atoms with Gasteiger partial charge in [0.1, 0.15) is 13.2 Å². The Balaban J connectivity index is 1.87. The van der Waals surface area contributed by atoms with E-state index in [0.29, 0.717) is 18.3 Å². The fourth-order valence-corrected chi connectivity index (χ4v) is 2.71. The van der Waals surface area contributed by atoms with Crippen molar-refractivity contribution in [2.45, 2.75) is 13.3 Å². The van der Waals surface area contributed by atoms with Crippen molar-refractivity contribution in [2.24, 2.45) is 0 Å². The van der Waals surface area contributed by atoms with Crippen molar-refractivity contribution < 1.29 is 9.47 Å². The molecule has 3 rings (SSSR count). The lowest BCUT2D eigenvalue weighted by molar-refractivity contribution is 0.171. The van der Waals surface area contributed by atoms with Crippen LogP contribution in [0.2, 0.25) is 0 Å². The van der Waals surface area contributed by atoms with Crippen molar-refractivity contribution >= 4 is 16.5 Å². The van der Waals surface area contributed by atoms with Crippen LogP contribution in [0.5, 0.6) is 11.5 Å². The molecule has 0 saturated heterocycles. The molecule has 18 heavy (non-hydrogen) atoms. The number of fused-ring (bicyclic) bond motifs is 1. The summed E-state index contributed by atoms with van der Waals surface area (Å²) in [5.74, 6) is 1.64. The second-order valence-electron chi connectivity index (χ2n) is 4.21. The Morgan fingerprint density at radius 2 is 2.06 bits per heavy atom. The van der Waals surface area contributed by atoms with Gasteiger partial charge < -0.3 is 15.2 Å². The van der Waals surface area contributed by atoms with Gasteiger partial charge in [-0.25, -0.2) is 4.98 Å². The Labute approximate surface area is 109 Å². The highest BCUT2D eigenvalue weighted by Gasteiger charge is 2.13. The van der Waals surface area contributed by atoms with Crippen LogP contribution >= 0.6 is 11.3 Å². The van der Waals surface area contributed by atoms with Crippen molar-refractivity contribution in [1.29, 1.82) is 0 Å². The molecule has 94 valence electrons. The molecular weight excluding hydrogens is 248 g/mol. The summed E-state index contributed by atoms with van der Waals surface area (Å²) in [6, 6.07) is 6.01. The Morgan fingerprint density at radius 3 is 2.78 bits per heavy atom. The third-order valence-electron chi connectivity index (χ3n) is 2.89. The van der Waals surface area contributed by atoms with E-state index < -0.39 is 0 Å². The van der Waals surface area contributed by atoms with E-state index in [1.165, 1.54) is 16.2 Å². The van der Waals surface area contributed by atoms with Crippen LogP contribution in [0.3, 0.4) is 0 Å². The zero-order chi connectivity index (χ0) is 12.5. The molecule has 0 bridgehead atoms. The van der Waals surface area contributed by atoms with Crippen molar-refractivity contribution in [2.75, 3.05) is 18.9 Å². The molecule has 0 atom stereocenters. The van der Waals surface area contributed by atoms with Crippen LogP contribution < -0.4 is 15.2 Å². The van der Waals surface area contributed by atoms with E-state index >= 15 is 0 Å². The first kappa shape index (κ1) is 11.3. The Hall–Kier alpha value is -1.75. The van der Waals surface area contributed by atoms with Gasteiger partial charge in [-0.2, -0.15) is 0 Å². The zero-order valence-electron chi connectivity index (χ0n) is 10.1. The summed E-state index contributed by atoms with van der Waals surface area (Å²) in [5, 5.41) is 0.625. The summed E-state index contributed by atoms with van der Waals surface area (Å²) >= 11 is 1.53. The van der Waals surface area contributed by atoms with E-state index in [1.54, 1.807) is 0 Å². The lowest BCUT2D eigenvalue weighted by atomic mass is 10.1. The van der Waals surface area contributed by atoms with E-state index in [-0.39, 0.29) is 0 Å². The molecule has 0 fully saturated rings. The molecular formula is C13H14N2O2S. The topological polar surface area (TPSA) is 57.4 Å². The molecule has 0 aliphatic carbocycles. The second-order valence-corrected chi connectivity index (χ2v) is 5.44. The second kappa shape index (κ2) is 4.49. The van der Waals surface area contributed by atoms with Crippen LogP contribution in [0.1, 0.15) is 16.1 Å². The average molecular weight is 262 g/mol. The summed E-state index contributed by atoms with van der Waals surface area (Å²) < 4.78 is 11.1. The van der Waals surface area contributed by atoms with Gasteiger partial charge >= 0.3 is 0 Å².